The van der Waals surface area contributed by atoms with Crippen molar-refractivity contribution in [2.24, 2.45) is 5.92 Å². The van der Waals surface area contributed by atoms with Crippen LogP contribution >= 0.6 is 0 Å². The van der Waals surface area contributed by atoms with E-state index in [9.17, 15) is 19.5 Å². The largest absolute Gasteiger partial charge is 0.481 e. The number of hydrogen-bond donors (Lipinski definition) is 3. The number of furan rings is 1. The van der Waals surface area contributed by atoms with Crippen LogP contribution in [-0.2, 0) is 22.4 Å². The van der Waals surface area contributed by atoms with E-state index in [0.29, 0.717) is 12.8 Å². The molecule has 33 heavy (non-hydrogen) atoms. The van der Waals surface area contributed by atoms with Crippen LogP contribution in [0.2, 0.25) is 0 Å². The lowest BCUT2D eigenvalue weighted by Crippen LogP contribution is -2.37. The monoisotopic (exact) mass is 449 g/mol. The van der Waals surface area contributed by atoms with Gasteiger partial charge in [-0.1, -0.05) is 61.5 Å². The van der Waals surface area contributed by atoms with E-state index in [2.05, 4.69) is 5.32 Å². The summed E-state index contributed by atoms with van der Waals surface area (Å²) < 4.78 is 5.32. The average molecular weight is 450 g/mol. The van der Waals surface area contributed by atoms with Crippen LogP contribution in [0.15, 0.2) is 71.1 Å². The number of benzene rings is 2. The molecule has 2 aromatic carbocycles. The quantitative estimate of drug-likeness (QED) is 0.399. The highest BCUT2D eigenvalue weighted by atomic mass is 16.4. The van der Waals surface area contributed by atoms with Crippen LogP contribution in [0.4, 0.5) is 0 Å². The van der Waals surface area contributed by atoms with Gasteiger partial charge in [-0.05, 0) is 48.1 Å². The predicted molar refractivity (Wildman–Crippen MR) is 123 cm³/mol. The predicted octanol–water partition coefficient (Wildman–Crippen LogP) is 4.42. The Morgan fingerprint density at radius 3 is 2.21 bits per heavy atom. The Morgan fingerprint density at radius 2 is 1.58 bits per heavy atom. The number of nitrogens with one attached hydrogen (secondary N) is 1. The zero-order valence-corrected chi connectivity index (χ0v) is 18.4. The number of aliphatic carboxylic acids is 2. The summed E-state index contributed by atoms with van der Waals surface area (Å²) in [6.45, 7) is 1.61. The van der Waals surface area contributed by atoms with E-state index in [0.717, 1.165) is 16.7 Å². The van der Waals surface area contributed by atoms with Crippen molar-refractivity contribution < 1.29 is 29.0 Å². The number of rotatable bonds is 11. The van der Waals surface area contributed by atoms with E-state index in [4.69, 9.17) is 9.52 Å². The van der Waals surface area contributed by atoms with Gasteiger partial charge in [0.2, 0.25) is 0 Å². The highest BCUT2D eigenvalue weighted by molar-refractivity contribution is 5.91. The number of amides is 1. The Bertz CT molecular complexity index is 1090. The maximum atomic E-state index is 12.6. The van der Waals surface area contributed by atoms with E-state index in [1.807, 2.05) is 54.6 Å². The molecule has 0 aliphatic heterocycles. The molecule has 0 saturated heterocycles. The van der Waals surface area contributed by atoms with Crippen LogP contribution in [0.1, 0.15) is 41.6 Å². The summed E-state index contributed by atoms with van der Waals surface area (Å²) in [4.78, 5) is 34.8. The zero-order valence-electron chi connectivity index (χ0n) is 18.4. The third-order valence-corrected chi connectivity index (χ3v) is 5.45. The molecule has 1 heterocycles. The zero-order chi connectivity index (χ0) is 23.8. The van der Waals surface area contributed by atoms with Crippen molar-refractivity contribution in [3.05, 3.63) is 83.8 Å². The summed E-state index contributed by atoms with van der Waals surface area (Å²) in [5, 5.41) is 21.0. The maximum absolute atomic E-state index is 12.6. The molecular formula is C26H27NO6. The molecule has 3 aromatic rings. The molecule has 3 N–H and O–H groups in total. The van der Waals surface area contributed by atoms with Gasteiger partial charge in [0.05, 0.1) is 5.92 Å². The minimum Gasteiger partial charge on any atom is -0.481 e. The number of hydrogen-bond acceptors (Lipinski definition) is 4. The van der Waals surface area contributed by atoms with Crippen LogP contribution in [0.5, 0.6) is 0 Å². The molecule has 0 saturated carbocycles. The number of carbonyl (C=O) groups excluding carboxylic acids is 1. The number of carbonyl (C=O) groups is 3. The fourth-order valence-electron chi connectivity index (χ4n) is 3.61. The van der Waals surface area contributed by atoms with Gasteiger partial charge < -0.3 is 19.9 Å². The lowest BCUT2D eigenvalue weighted by Gasteiger charge is -2.20. The van der Waals surface area contributed by atoms with Crippen LogP contribution in [0.3, 0.4) is 0 Å². The van der Waals surface area contributed by atoms with Crippen molar-refractivity contribution in [3.63, 3.8) is 0 Å². The Hall–Kier alpha value is -3.87. The van der Waals surface area contributed by atoms with Gasteiger partial charge in [0.25, 0.3) is 5.91 Å². The van der Waals surface area contributed by atoms with Crippen molar-refractivity contribution >= 4 is 17.8 Å². The van der Waals surface area contributed by atoms with Crippen molar-refractivity contribution in [1.82, 2.24) is 5.32 Å². The third kappa shape index (κ3) is 7.07. The number of aryl methyl sites for hydroxylation is 1. The van der Waals surface area contributed by atoms with Crippen molar-refractivity contribution in [2.45, 2.75) is 38.6 Å². The van der Waals surface area contributed by atoms with Gasteiger partial charge in [0, 0.05) is 6.04 Å². The first-order valence-electron chi connectivity index (χ1n) is 10.8. The molecule has 0 fully saturated rings. The average Bonchev–Trinajstić information content (AvgIpc) is 3.26. The van der Waals surface area contributed by atoms with Gasteiger partial charge >= 0.3 is 11.9 Å². The molecule has 0 aliphatic rings. The van der Waals surface area contributed by atoms with Gasteiger partial charge in [-0.25, -0.2) is 0 Å². The van der Waals surface area contributed by atoms with Gasteiger partial charge in [0.15, 0.2) is 5.76 Å². The molecule has 2 atom stereocenters. The van der Waals surface area contributed by atoms with Crippen LogP contribution in [0, 0.1) is 5.92 Å². The SMILES string of the molecule is CC(CC(CCc1ccc(-c2ccccc2)cc1)NC(=O)c1ccc(CC(=O)O)o1)C(=O)O. The van der Waals surface area contributed by atoms with Gasteiger partial charge in [-0.15, -0.1) is 0 Å². The summed E-state index contributed by atoms with van der Waals surface area (Å²) in [5.41, 5.74) is 3.32. The fourth-order valence-corrected chi connectivity index (χ4v) is 3.61. The lowest BCUT2D eigenvalue weighted by atomic mass is 9.95. The Kier molecular flexibility index (Phi) is 8.02. The molecule has 1 amide bonds. The van der Waals surface area contributed by atoms with Crippen molar-refractivity contribution in [1.29, 1.82) is 0 Å². The molecule has 0 radical (unpaired) electrons. The first-order chi connectivity index (χ1) is 15.8. The summed E-state index contributed by atoms with van der Waals surface area (Å²) in [6.07, 6.45) is 1.17. The molecule has 0 aliphatic carbocycles. The highest BCUT2D eigenvalue weighted by Gasteiger charge is 2.22. The van der Waals surface area contributed by atoms with Gasteiger partial charge in [-0.2, -0.15) is 0 Å². The number of carboxylic acids is 2. The maximum Gasteiger partial charge on any atom is 0.311 e. The van der Waals surface area contributed by atoms with E-state index in [1.165, 1.54) is 12.1 Å². The minimum absolute atomic E-state index is 0.00596. The fraction of sp³-hybridized carbons (Fsp3) is 0.269. The lowest BCUT2D eigenvalue weighted by molar-refractivity contribution is -0.141. The van der Waals surface area contributed by atoms with E-state index >= 15 is 0 Å². The standard InChI is InChI=1S/C26H27NO6/c1-17(26(31)32)15-21(27-25(30)23-14-13-22(33-23)16-24(28)29)12-9-18-7-10-20(11-8-18)19-5-3-2-4-6-19/h2-8,10-11,13-14,17,21H,9,12,15-16H2,1H3,(H,27,30)(H,28,29)(H,31,32). The first-order valence-corrected chi connectivity index (χ1v) is 10.8. The van der Waals surface area contributed by atoms with Crippen LogP contribution in [-0.4, -0.2) is 34.1 Å². The second kappa shape index (κ2) is 11.1. The van der Waals surface area contributed by atoms with E-state index in [-0.39, 0.29) is 30.4 Å². The summed E-state index contributed by atoms with van der Waals surface area (Å²) in [6, 6.07) is 20.7. The molecule has 3 rings (SSSR count). The topological polar surface area (TPSA) is 117 Å². The van der Waals surface area contributed by atoms with E-state index in [1.54, 1.807) is 6.92 Å². The Balaban J connectivity index is 1.65. The second-order valence-corrected chi connectivity index (χ2v) is 8.08. The molecule has 2 unspecified atom stereocenters. The summed E-state index contributed by atoms with van der Waals surface area (Å²) in [5.74, 6) is -2.91. The van der Waals surface area contributed by atoms with Crippen molar-refractivity contribution in [2.75, 3.05) is 0 Å². The smallest absolute Gasteiger partial charge is 0.311 e. The second-order valence-electron chi connectivity index (χ2n) is 8.08. The minimum atomic E-state index is -1.05. The first kappa shape index (κ1) is 23.8. The molecular weight excluding hydrogens is 422 g/mol. The summed E-state index contributed by atoms with van der Waals surface area (Å²) >= 11 is 0. The molecule has 0 spiro atoms. The molecule has 1 aromatic heterocycles. The highest BCUT2D eigenvalue weighted by Crippen LogP contribution is 2.21. The third-order valence-electron chi connectivity index (χ3n) is 5.45. The normalized spacial score (nSPS) is 12.6. The van der Waals surface area contributed by atoms with E-state index < -0.39 is 23.8 Å². The molecule has 7 heteroatoms. The molecule has 172 valence electrons. The molecule has 7 nitrogen and oxygen atoms in total. The van der Waals surface area contributed by atoms with Crippen molar-refractivity contribution in [3.8, 4) is 11.1 Å². The Labute approximate surface area is 192 Å². The molecule has 0 bridgehead atoms. The van der Waals surface area contributed by atoms with Crippen LogP contribution in [0.25, 0.3) is 11.1 Å². The van der Waals surface area contributed by atoms with Gasteiger partial charge in [0.1, 0.15) is 12.2 Å². The van der Waals surface area contributed by atoms with Gasteiger partial charge in [-0.3, -0.25) is 14.4 Å². The van der Waals surface area contributed by atoms with Crippen LogP contribution < -0.4 is 5.32 Å². The number of carboxylic acid groups (broad SMARTS) is 2. The summed E-state index contributed by atoms with van der Waals surface area (Å²) in [7, 11) is 0. The Morgan fingerprint density at radius 1 is 0.909 bits per heavy atom.